The molecule has 0 spiro atoms. The number of nitrogens with zero attached hydrogens (tertiary/aromatic N) is 3. The minimum atomic E-state index is -0.623. The molecule has 0 saturated carbocycles. The molecule has 1 aromatic rings. The van der Waals surface area contributed by atoms with Crippen molar-refractivity contribution in [3.63, 3.8) is 0 Å². The van der Waals surface area contributed by atoms with E-state index in [0.29, 0.717) is 0 Å². The zero-order valence-electron chi connectivity index (χ0n) is 8.10. The summed E-state index contributed by atoms with van der Waals surface area (Å²) in [6, 6.07) is 2.85. The standard InChI is InChI=1S/C8H8ClN3O3/c1-5(13)12(15-6(2)14)8-4-3-7(9)10-11-8/h3-4H,1-2H3. The first-order valence-corrected chi connectivity index (χ1v) is 4.37. The van der Waals surface area contributed by atoms with Crippen molar-refractivity contribution in [2.24, 2.45) is 0 Å². The average molecular weight is 230 g/mol. The molecule has 0 aromatic carbocycles. The molecular formula is C8H8ClN3O3. The summed E-state index contributed by atoms with van der Waals surface area (Å²) in [4.78, 5) is 26.5. The lowest BCUT2D eigenvalue weighted by Crippen LogP contribution is -2.31. The van der Waals surface area contributed by atoms with Crippen molar-refractivity contribution in [3.05, 3.63) is 17.3 Å². The average Bonchev–Trinajstić information content (AvgIpc) is 2.15. The number of hydrogen-bond donors (Lipinski definition) is 0. The summed E-state index contributed by atoms with van der Waals surface area (Å²) < 4.78 is 0. The van der Waals surface area contributed by atoms with Crippen molar-refractivity contribution >= 4 is 29.3 Å². The lowest BCUT2D eigenvalue weighted by atomic mass is 10.5. The molecule has 0 atom stereocenters. The van der Waals surface area contributed by atoms with Crippen LogP contribution in [0.25, 0.3) is 0 Å². The molecule has 1 amide bonds. The van der Waals surface area contributed by atoms with Gasteiger partial charge in [0, 0.05) is 13.8 Å². The number of hydroxylamine groups is 1. The van der Waals surface area contributed by atoms with Crippen LogP contribution in [0, 0.1) is 0 Å². The molecule has 0 fully saturated rings. The Morgan fingerprint density at radius 1 is 1.33 bits per heavy atom. The maximum absolute atomic E-state index is 11.1. The molecule has 1 aromatic heterocycles. The molecule has 0 bridgehead atoms. The van der Waals surface area contributed by atoms with Crippen LogP contribution in [0.15, 0.2) is 12.1 Å². The summed E-state index contributed by atoms with van der Waals surface area (Å²) >= 11 is 5.52. The summed E-state index contributed by atoms with van der Waals surface area (Å²) in [6.07, 6.45) is 0. The highest BCUT2D eigenvalue weighted by Crippen LogP contribution is 2.12. The Hall–Kier alpha value is -1.69. The Labute approximate surface area is 90.8 Å². The van der Waals surface area contributed by atoms with E-state index in [1.165, 1.54) is 26.0 Å². The Bertz CT molecular complexity index is 379. The molecule has 0 aliphatic heterocycles. The molecule has 0 saturated heterocycles. The second kappa shape index (κ2) is 4.70. The summed E-state index contributed by atoms with van der Waals surface area (Å²) in [5.74, 6) is -1.01. The van der Waals surface area contributed by atoms with E-state index in [9.17, 15) is 9.59 Å². The number of rotatable bonds is 1. The normalized spacial score (nSPS) is 9.53. The fraction of sp³-hybridized carbons (Fsp3) is 0.250. The van der Waals surface area contributed by atoms with Gasteiger partial charge in [0.05, 0.1) is 0 Å². The smallest absolute Gasteiger partial charge is 0.330 e. The van der Waals surface area contributed by atoms with E-state index in [1.54, 1.807) is 0 Å². The lowest BCUT2D eigenvalue weighted by Gasteiger charge is -2.16. The van der Waals surface area contributed by atoms with Crippen LogP contribution in [0.1, 0.15) is 13.8 Å². The number of carbonyl (C=O) groups excluding carboxylic acids is 2. The van der Waals surface area contributed by atoms with Crippen LogP contribution < -0.4 is 5.06 Å². The first kappa shape index (κ1) is 11.4. The van der Waals surface area contributed by atoms with Crippen molar-refractivity contribution in [1.82, 2.24) is 10.2 Å². The summed E-state index contributed by atoms with van der Waals surface area (Å²) in [7, 11) is 0. The van der Waals surface area contributed by atoms with Gasteiger partial charge >= 0.3 is 5.97 Å². The molecule has 0 unspecified atom stereocenters. The third kappa shape index (κ3) is 3.17. The molecule has 0 N–H and O–H groups in total. The lowest BCUT2D eigenvalue weighted by molar-refractivity contribution is -0.147. The van der Waals surface area contributed by atoms with Gasteiger partial charge in [0.2, 0.25) is 0 Å². The molecule has 0 aliphatic rings. The van der Waals surface area contributed by atoms with Crippen LogP contribution in [0.5, 0.6) is 0 Å². The predicted molar refractivity (Wildman–Crippen MR) is 52.0 cm³/mol. The van der Waals surface area contributed by atoms with Crippen LogP contribution in [-0.4, -0.2) is 22.1 Å². The first-order chi connectivity index (χ1) is 7.00. The molecule has 1 rings (SSSR count). The Morgan fingerprint density at radius 2 is 2.00 bits per heavy atom. The Morgan fingerprint density at radius 3 is 2.40 bits per heavy atom. The van der Waals surface area contributed by atoms with Gasteiger partial charge in [-0.25, -0.2) is 4.79 Å². The van der Waals surface area contributed by atoms with Crippen molar-refractivity contribution < 1.29 is 14.4 Å². The number of hydrogen-bond acceptors (Lipinski definition) is 5. The molecule has 0 radical (unpaired) electrons. The number of amides is 1. The number of anilines is 1. The van der Waals surface area contributed by atoms with E-state index in [2.05, 4.69) is 15.0 Å². The van der Waals surface area contributed by atoms with E-state index < -0.39 is 11.9 Å². The van der Waals surface area contributed by atoms with Gasteiger partial charge < -0.3 is 4.84 Å². The Balaban J connectivity index is 2.94. The van der Waals surface area contributed by atoms with Crippen LogP contribution in [0.2, 0.25) is 5.15 Å². The van der Waals surface area contributed by atoms with Gasteiger partial charge in [-0.2, -0.15) is 0 Å². The van der Waals surface area contributed by atoms with Crippen LogP contribution >= 0.6 is 11.6 Å². The van der Waals surface area contributed by atoms with E-state index in [4.69, 9.17) is 11.6 Å². The second-order valence-corrected chi connectivity index (χ2v) is 3.00. The molecular weight excluding hydrogens is 222 g/mol. The molecule has 6 nitrogen and oxygen atoms in total. The minimum absolute atomic E-state index is 0.0992. The van der Waals surface area contributed by atoms with Crippen LogP contribution in [-0.2, 0) is 14.4 Å². The summed E-state index contributed by atoms with van der Waals surface area (Å²) in [6.45, 7) is 2.42. The SMILES string of the molecule is CC(=O)ON(C(C)=O)c1ccc(Cl)nn1. The highest BCUT2D eigenvalue weighted by atomic mass is 35.5. The van der Waals surface area contributed by atoms with E-state index in [1.807, 2.05) is 0 Å². The van der Waals surface area contributed by atoms with Crippen molar-refractivity contribution in [2.45, 2.75) is 13.8 Å². The van der Waals surface area contributed by atoms with Gasteiger partial charge in [-0.05, 0) is 12.1 Å². The topological polar surface area (TPSA) is 72.4 Å². The van der Waals surface area contributed by atoms with Crippen LogP contribution in [0.4, 0.5) is 5.82 Å². The largest absolute Gasteiger partial charge is 0.332 e. The molecule has 15 heavy (non-hydrogen) atoms. The van der Waals surface area contributed by atoms with E-state index >= 15 is 0 Å². The predicted octanol–water partition coefficient (Wildman–Crippen LogP) is 0.961. The zero-order chi connectivity index (χ0) is 11.4. The van der Waals surface area contributed by atoms with Crippen molar-refractivity contribution in [2.75, 3.05) is 5.06 Å². The quantitative estimate of drug-likeness (QED) is 0.671. The molecule has 7 heteroatoms. The van der Waals surface area contributed by atoms with Crippen molar-refractivity contribution in [3.8, 4) is 0 Å². The van der Waals surface area contributed by atoms with Gasteiger partial charge in [-0.1, -0.05) is 11.6 Å². The highest BCUT2D eigenvalue weighted by molar-refractivity contribution is 6.29. The molecule has 0 aliphatic carbocycles. The molecule has 80 valence electrons. The maximum atomic E-state index is 11.1. The monoisotopic (exact) mass is 229 g/mol. The zero-order valence-corrected chi connectivity index (χ0v) is 8.85. The van der Waals surface area contributed by atoms with Gasteiger partial charge in [-0.3, -0.25) is 4.79 Å². The number of halogens is 1. The molecule has 1 heterocycles. The van der Waals surface area contributed by atoms with E-state index in [-0.39, 0.29) is 11.0 Å². The summed E-state index contributed by atoms with van der Waals surface area (Å²) in [5, 5.41) is 8.05. The van der Waals surface area contributed by atoms with Crippen molar-refractivity contribution in [1.29, 1.82) is 0 Å². The number of carbonyl (C=O) groups is 2. The third-order valence-electron chi connectivity index (χ3n) is 1.33. The van der Waals surface area contributed by atoms with Gasteiger partial charge in [-0.15, -0.1) is 15.3 Å². The first-order valence-electron chi connectivity index (χ1n) is 3.99. The van der Waals surface area contributed by atoms with E-state index in [0.717, 1.165) is 5.06 Å². The fourth-order valence-corrected chi connectivity index (χ4v) is 0.919. The van der Waals surface area contributed by atoms with Gasteiger partial charge in [0.25, 0.3) is 5.91 Å². The number of aromatic nitrogens is 2. The van der Waals surface area contributed by atoms with Gasteiger partial charge in [0.15, 0.2) is 11.0 Å². The van der Waals surface area contributed by atoms with Crippen LogP contribution in [0.3, 0.4) is 0 Å². The minimum Gasteiger partial charge on any atom is -0.332 e. The fourth-order valence-electron chi connectivity index (χ4n) is 0.818. The summed E-state index contributed by atoms with van der Waals surface area (Å²) in [5.41, 5.74) is 0. The second-order valence-electron chi connectivity index (χ2n) is 2.61. The Kier molecular flexibility index (Phi) is 3.56. The maximum Gasteiger partial charge on any atom is 0.330 e. The third-order valence-corrected chi connectivity index (χ3v) is 1.53. The van der Waals surface area contributed by atoms with Gasteiger partial charge in [0.1, 0.15) is 0 Å². The highest BCUT2D eigenvalue weighted by Gasteiger charge is 2.16.